The van der Waals surface area contributed by atoms with Crippen molar-refractivity contribution in [3.8, 4) is 11.5 Å². The minimum absolute atomic E-state index is 0.0855. The molecule has 0 saturated carbocycles. The monoisotopic (exact) mass is 439 g/mol. The molecule has 0 aromatic heterocycles. The molecular formula is C25H33N3O4. The zero-order valence-corrected chi connectivity index (χ0v) is 19.1. The fourth-order valence-electron chi connectivity index (χ4n) is 3.66. The van der Waals surface area contributed by atoms with Gasteiger partial charge in [-0.2, -0.15) is 0 Å². The molecule has 0 aliphatic carbocycles. The Balaban J connectivity index is 1.45. The van der Waals surface area contributed by atoms with Crippen LogP contribution in [0, 0.1) is 0 Å². The number of ether oxygens (including phenoxy) is 2. The summed E-state index contributed by atoms with van der Waals surface area (Å²) in [7, 11) is 5.42. The maximum Gasteiger partial charge on any atom is 0.187 e. The third-order valence-corrected chi connectivity index (χ3v) is 5.35. The van der Waals surface area contributed by atoms with E-state index in [9.17, 15) is 9.90 Å². The number of anilines is 1. The lowest BCUT2D eigenvalue weighted by Crippen LogP contribution is -2.49. The molecule has 1 unspecified atom stereocenters. The van der Waals surface area contributed by atoms with Crippen molar-refractivity contribution in [2.24, 2.45) is 0 Å². The number of carbonyl (C=O) groups is 1. The number of allylic oxidation sites excluding steroid dienone is 1. The molecule has 1 saturated heterocycles. The van der Waals surface area contributed by atoms with Crippen molar-refractivity contribution in [3.05, 3.63) is 66.4 Å². The SMILES string of the molecule is COc1ccccc1N1CCN(CC(O)COc2cccc(C(=O)C=CN(C)C)c2)CC1. The van der Waals surface area contributed by atoms with Crippen molar-refractivity contribution < 1.29 is 19.4 Å². The summed E-state index contributed by atoms with van der Waals surface area (Å²) in [6, 6.07) is 15.1. The molecule has 1 aliphatic heterocycles. The number of aliphatic hydroxyl groups is 1. The molecule has 1 aliphatic rings. The van der Waals surface area contributed by atoms with Gasteiger partial charge in [0.05, 0.1) is 12.8 Å². The van der Waals surface area contributed by atoms with Gasteiger partial charge in [-0.3, -0.25) is 9.69 Å². The highest BCUT2D eigenvalue weighted by Crippen LogP contribution is 2.28. The number of hydrogen-bond donors (Lipinski definition) is 1. The lowest BCUT2D eigenvalue weighted by molar-refractivity contribution is 0.0662. The number of para-hydroxylation sites is 2. The third kappa shape index (κ3) is 6.73. The molecule has 0 amide bonds. The van der Waals surface area contributed by atoms with Gasteiger partial charge in [0.15, 0.2) is 5.78 Å². The highest BCUT2D eigenvalue weighted by Gasteiger charge is 2.21. The van der Waals surface area contributed by atoms with Crippen molar-refractivity contribution in [2.45, 2.75) is 6.10 Å². The van der Waals surface area contributed by atoms with Gasteiger partial charge in [-0.1, -0.05) is 24.3 Å². The summed E-state index contributed by atoms with van der Waals surface area (Å²) in [6.45, 7) is 4.19. The number of ketones is 1. The van der Waals surface area contributed by atoms with Crippen LogP contribution in [0.1, 0.15) is 10.4 Å². The van der Waals surface area contributed by atoms with Gasteiger partial charge in [-0.25, -0.2) is 0 Å². The smallest absolute Gasteiger partial charge is 0.187 e. The zero-order chi connectivity index (χ0) is 22.9. The van der Waals surface area contributed by atoms with Gasteiger partial charge in [0.25, 0.3) is 0 Å². The summed E-state index contributed by atoms with van der Waals surface area (Å²) in [4.78, 5) is 18.6. The topological polar surface area (TPSA) is 65.5 Å². The van der Waals surface area contributed by atoms with E-state index in [-0.39, 0.29) is 12.4 Å². The van der Waals surface area contributed by atoms with E-state index in [1.54, 1.807) is 37.6 Å². The van der Waals surface area contributed by atoms with E-state index in [0.29, 0.717) is 17.9 Å². The highest BCUT2D eigenvalue weighted by molar-refractivity contribution is 6.04. The molecule has 1 N–H and O–H groups in total. The molecule has 7 nitrogen and oxygen atoms in total. The molecule has 1 atom stereocenters. The summed E-state index contributed by atoms with van der Waals surface area (Å²) in [5.74, 6) is 1.37. The molecule has 7 heteroatoms. The van der Waals surface area contributed by atoms with E-state index in [0.717, 1.165) is 37.6 Å². The standard InChI is InChI=1S/C25H33N3O4/c1-26(2)12-11-24(30)20-7-6-8-22(17-20)32-19-21(29)18-27-13-15-28(16-14-27)23-9-4-5-10-25(23)31-3/h4-12,17,21,29H,13-16,18-19H2,1-3H3. The Morgan fingerprint density at radius 2 is 1.88 bits per heavy atom. The van der Waals surface area contributed by atoms with Crippen LogP contribution in [0.25, 0.3) is 0 Å². The van der Waals surface area contributed by atoms with Crippen LogP contribution in [0.3, 0.4) is 0 Å². The summed E-state index contributed by atoms with van der Waals surface area (Å²) in [6.07, 6.45) is 2.63. The number of hydrogen-bond acceptors (Lipinski definition) is 7. The second-order valence-electron chi connectivity index (χ2n) is 8.10. The van der Waals surface area contributed by atoms with Crippen molar-refractivity contribution in [3.63, 3.8) is 0 Å². The Hall–Kier alpha value is -3.03. The fourth-order valence-corrected chi connectivity index (χ4v) is 3.66. The van der Waals surface area contributed by atoms with Crippen LogP contribution >= 0.6 is 0 Å². The van der Waals surface area contributed by atoms with E-state index in [1.807, 2.05) is 37.2 Å². The number of aliphatic hydroxyl groups excluding tert-OH is 1. The van der Waals surface area contributed by atoms with Crippen LogP contribution in [-0.2, 0) is 0 Å². The Kier molecular flexibility index (Phi) is 8.53. The van der Waals surface area contributed by atoms with Gasteiger partial charge >= 0.3 is 0 Å². The zero-order valence-electron chi connectivity index (χ0n) is 19.1. The lowest BCUT2D eigenvalue weighted by Gasteiger charge is -2.37. The second-order valence-corrected chi connectivity index (χ2v) is 8.10. The number of rotatable bonds is 10. The molecule has 1 heterocycles. The summed E-state index contributed by atoms with van der Waals surface area (Å²) in [5, 5.41) is 10.5. The molecule has 0 bridgehead atoms. The van der Waals surface area contributed by atoms with E-state index < -0.39 is 6.10 Å². The first-order valence-corrected chi connectivity index (χ1v) is 10.9. The molecule has 0 radical (unpaired) electrons. The van der Waals surface area contributed by atoms with E-state index in [1.165, 1.54) is 6.08 Å². The highest BCUT2D eigenvalue weighted by atomic mass is 16.5. The van der Waals surface area contributed by atoms with Gasteiger partial charge in [-0.05, 0) is 24.3 Å². The first-order chi connectivity index (χ1) is 15.5. The van der Waals surface area contributed by atoms with Crippen LogP contribution in [0.5, 0.6) is 11.5 Å². The molecule has 0 spiro atoms. The quantitative estimate of drug-likeness (QED) is 0.451. The first-order valence-electron chi connectivity index (χ1n) is 10.9. The minimum Gasteiger partial charge on any atom is -0.495 e. The van der Waals surface area contributed by atoms with E-state index in [2.05, 4.69) is 15.9 Å². The van der Waals surface area contributed by atoms with Crippen LogP contribution in [-0.4, -0.2) is 87.3 Å². The van der Waals surface area contributed by atoms with E-state index >= 15 is 0 Å². The largest absolute Gasteiger partial charge is 0.495 e. The Morgan fingerprint density at radius 3 is 2.59 bits per heavy atom. The Morgan fingerprint density at radius 1 is 1.12 bits per heavy atom. The second kappa shape index (κ2) is 11.5. The molecule has 2 aromatic rings. The van der Waals surface area contributed by atoms with Gasteiger partial charge in [-0.15, -0.1) is 0 Å². The van der Waals surface area contributed by atoms with Gasteiger partial charge in [0, 0.05) is 64.7 Å². The third-order valence-electron chi connectivity index (χ3n) is 5.35. The number of nitrogens with zero attached hydrogens (tertiary/aromatic N) is 3. The molecule has 3 rings (SSSR count). The number of carbonyl (C=O) groups excluding carboxylic acids is 1. The molecular weight excluding hydrogens is 406 g/mol. The summed E-state index contributed by atoms with van der Waals surface area (Å²) in [5.41, 5.74) is 1.66. The van der Waals surface area contributed by atoms with Gasteiger partial charge < -0.3 is 24.4 Å². The molecule has 172 valence electrons. The predicted octanol–water partition coefficient (Wildman–Crippen LogP) is 2.52. The number of piperazine rings is 1. The number of methoxy groups -OCH3 is 1. The average Bonchev–Trinajstić information content (AvgIpc) is 2.82. The molecule has 32 heavy (non-hydrogen) atoms. The Bertz CT molecular complexity index is 908. The normalized spacial score (nSPS) is 15.6. The molecule has 1 fully saturated rings. The predicted molar refractivity (Wildman–Crippen MR) is 127 cm³/mol. The lowest BCUT2D eigenvalue weighted by atomic mass is 10.1. The van der Waals surface area contributed by atoms with Crippen LogP contribution in [0.4, 0.5) is 5.69 Å². The van der Waals surface area contributed by atoms with Crippen molar-refractivity contribution in [2.75, 3.05) is 65.4 Å². The van der Waals surface area contributed by atoms with Crippen molar-refractivity contribution in [1.82, 2.24) is 9.80 Å². The Labute approximate surface area is 190 Å². The van der Waals surface area contributed by atoms with Crippen LogP contribution < -0.4 is 14.4 Å². The first kappa shape index (κ1) is 23.6. The van der Waals surface area contributed by atoms with Gasteiger partial charge in [0.1, 0.15) is 24.2 Å². The summed E-state index contributed by atoms with van der Waals surface area (Å²) < 4.78 is 11.2. The summed E-state index contributed by atoms with van der Waals surface area (Å²) >= 11 is 0. The van der Waals surface area contributed by atoms with Crippen LogP contribution in [0.2, 0.25) is 0 Å². The van der Waals surface area contributed by atoms with Crippen molar-refractivity contribution in [1.29, 1.82) is 0 Å². The number of benzene rings is 2. The average molecular weight is 440 g/mol. The fraction of sp³-hybridized carbons (Fsp3) is 0.400. The minimum atomic E-state index is -0.610. The maximum absolute atomic E-state index is 12.2. The van der Waals surface area contributed by atoms with Crippen LogP contribution in [0.15, 0.2) is 60.8 Å². The van der Waals surface area contributed by atoms with E-state index in [4.69, 9.17) is 9.47 Å². The number of β-amino-alcohol motifs (C(OH)–C–C–N with tert-alkyl or cyclic N) is 1. The maximum atomic E-state index is 12.2. The van der Waals surface area contributed by atoms with Crippen molar-refractivity contribution >= 4 is 11.5 Å². The molecule has 2 aromatic carbocycles. The van der Waals surface area contributed by atoms with Gasteiger partial charge in [0.2, 0.25) is 0 Å².